The molecule has 0 aliphatic carbocycles. The number of thioether (sulfide) groups is 1. The largest absolute Gasteiger partial charge is 0.366 e. The Labute approximate surface area is 150 Å². The van der Waals surface area contributed by atoms with Gasteiger partial charge in [-0.25, -0.2) is 0 Å². The van der Waals surface area contributed by atoms with Crippen LogP contribution in [0.4, 0.5) is 5.69 Å². The van der Waals surface area contributed by atoms with E-state index in [2.05, 4.69) is 5.32 Å². The van der Waals surface area contributed by atoms with E-state index in [0.29, 0.717) is 17.4 Å². The maximum absolute atomic E-state index is 12.2. The van der Waals surface area contributed by atoms with Gasteiger partial charge < -0.3 is 16.8 Å². The number of carbonyl (C=O) groups excluding carboxylic acids is 2. The van der Waals surface area contributed by atoms with Gasteiger partial charge >= 0.3 is 0 Å². The first-order valence-corrected chi connectivity index (χ1v) is 8.78. The molecule has 1 unspecified atom stereocenters. The van der Waals surface area contributed by atoms with Crippen molar-refractivity contribution in [2.75, 3.05) is 12.3 Å². The quantitative estimate of drug-likeness (QED) is 0.344. The number of rotatable bonds is 9. The Hall–Kier alpha value is -2.13. The maximum atomic E-state index is 12.2. The highest BCUT2D eigenvalue weighted by Crippen LogP contribution is 2.30. The summed E-state index contributed by atoms with van der Waals surface area (Å²) >= 11 is 1.03. The van der Waals surface area contributed by atoms with Crippen LogP contribution in [0.25, 0.3) is 0 Å². The van der Waals surface area contributed by atoms with Crippen LogP contribution in [0, 0.1) is 16.0 Å². The van der Waals surface area contributed by atoms with Crippen molar-refractivity contribution in [1.82, 2.24) is 5.32 Å². The number of nitrogens with one attached hydrogen (secondary N) is 1. The van der Waals surface area contributed by atoms with Crippen molar-refractivity contribution in [1.29, 1.82) is 0 Å². The first-order chi connectivity index (χ1) is 11.6. The zero-order chi connectivity index (χ0) is 19.2. The van der Waals surface area contributed by atoms with E-state index in [-0.39, 0.29) is 22.9 Å². The average molecular weight is 368 g/mol. The molecule has 0 saturated heterocycles. The van der Waals surface area contributed by atoms with E-state index in [4.69, 9.17) is 11.5 Å². The number of nitrogens with two attached hydrogens (primary N) is 2. The van der Waals surface area contributed by atoms with Crippen molar-refractivity contribution in [2.45, 2.75) is 37.6 Å². The van der Waals surface area contributed by atoms with Crippen molar-refractivity contribution in [3.8, 4) is 0 Å². The predicted molar refractivity (Wildman–Crippen MR) is 97.4 cm³/mol. The number of hydrogen-bond acceptors (Lipinski definition) is 6. The zero-order valence-corrected chi connectivity index (χ0v) is 15.4. The van der Waals surface area contributed by atoms with Crippen molar-refractivity contribution >= 4 is 29.3 Å². The summed E-state index contributed by atoms with van der Waals surface area (Å²) in [4.78, 5) is 34.2. The van der Waals surface area contributed by atoms with Crippen LogP contribution < -0.4 is 16.8 Å². The Kier molecular flexibility index (Phi) is 7.38. The van der Waals surface area contributed by atoms with Gasteiger partial charge in [0.05, 0.1) is 15.6 Å². The third-order valence-corrected chi connectivity index (χ3v) is 4.61. The van der Waals surface area contributed by atoms with E-state index in [1.165, 1.54) is 12.1 Å². The molecule has 0 fully saturated rings. The van der Waals surface area contributed by atoms with Gasteiger partial charge in [0.15, 0.2) is 0 Å². The van der Waals surface area contributed by atoms with Crippen LogP contribution in [0.5, 0.6) is 0 Å². The molecule has 9 heteroatoms. The summed E-state index contributed by atoms with van der Waals surface area (Å²) in [7, 11) is 0. The minimum atomic E-state index is -0.746. The number of amides is 2. The molecule has 1 aromatic rings. The molecular formula is C16H24N4O4S. The number of carbonyl (C=O) groups is 2. The zero-order valence-electron chi connectivity index (χ0n) is 14.6. The van der Waals surface area contributed by atoms with Gasteiger partial charge in [-0.3, -0.25) is 19.7 Å². The molecule has 1 rings (SSSR count). The first kappa shape index (κ1) is 20.9. The minimum absolute atomic E-state index is 0.00441. The lowest BCUT2D eigenvalue weighted by molar-refractivity contribution is -0.387. The fraction of sp³-hybridized carbons (Fsp3) is 0.500. The second kappa shape index (κ2) is 8.82. The van der Waals surface area contributed by atoms with Crippen LogP contribution in [0.3, 0.4) is 0 Å². The summed E-state index contributed by atoms with van der Waals surface area (Å²) in [6.45, 7) is 6.26. The molecule has 25 heavy (non-hydrogen) atoms. The number of nitro benzene ring substituents is 1. The summed E-state index contributed by atoms with van der Waals surface area (Å²) < 4.78 is 0. The lowest BCUT2D eigenvalue weighted by atomic mass is 9.91. The van der Waals surface area contributed by atoms with Gasteiger partial charge in [0.1, 0.15) is 0 Å². The topological polar surface area (TPSA) is 141 Å². The van der Waals surface area contributed by atoms with Crippen molar-refractivity contribution in [3.63, 3.8) is 0 Å². The molecule has 0 heterocycles. The van der Waals surface area contributed by atoms with Crippen LogP contribution in [-0.2, 0) is 4.79 Å². The first-order valence-electron chi connectivity index (χ1n) is 7.80. The Balaban J connectivity index is 2.82. The fourth-order valence-electron chi connectivity index (χ4n) is 2.54. The lowest BCUT2D eigenvalue weighted by Gasteiger charge is -2.31. The number of nitrogens with zero attached hydrogens (tertiary/aromatic N) is 1. The summed E-state index contributed by atoms with van der Waals surface area (Å²) in [5.74, 6) is -0.634. The SMILES string of the molecule is CC(C)CC(C)(CN)NC(=O)CSc1ccc(C(N)=O)cc1[N+](=O)[O-]. The molecule has 0 aliphatic rings. The van der Waals surface area contributed by atoms with Gasteiger partial charge in [0.2, 0.25) is 11.8 Å². The number of hydrogen-bond donors (Lipinski definition) is 3. The lowest BCUT2D eigenvalue weighted by Crippen LogP contribution is -2.52. The average Bonchev–Trinajstić information content (AvgIpc) is 2.51. The molecule has 8 nitrogen and oxygen atoms in total. The van der Waals surface area contributed by atoms with Gasteiger partial charge in [-0.05, 0) is 31.4 Å². The highest BCUT2D eigenvalue weighted by atomic mass is 32.2. The molecule has 138 valence electrons. The summed E-state index contributed by atoms with van der Waals surface area (Å²) in [5.41, 5.74) is 10.2. The van der Waals surface area contributed by atoms with Crippen molar-refractivity contribution in [2.24, 2.45) is 17.4 Å². The van der Waals surface area contributed by atoms with Gasteiger partial charge in [-0.1, -0.05) is 13.8 Å². The molecule has 0 saturated carbocycles. The van der Waals surface area contributed by atoms with E-state index in [9.17, 15) is 19.7 Å². The van der Waals surface area contributed by atoms with E-state index in [1.54, 1.807) is 0 Å². The van der Waals surface area contributed by atoms with Gasteiger partial charge in [0, 0.05) is 23.7 Å². The van der Waals surface area contributed by atoms with Crippen LogP contribution in [0.15, 0.2) is 23.1 Å². The smallest absolute Gasteiger partial charge is 0.283 e. The van der Waals surface area contributed by atoms with Crippen LogP contribution >= 0.6 is 11.8 Å². The highest BCUT2D eigenvalue weighted by Gasteiger charge is 2.26. The molecule has 1 atom stereocenters. The molecule has 0 radical (unpaired) electrons. The summed E-state index contributed by atoms with van der Waals surface area (Å²) in [6, 6.07) is 3.94. The molecule has 0 aliphatic heterocycles. The summed E-state index contributed by atoms with van der Waals surface area (Å²) in [5, 5.41) is 14.1. The van der Waals surface area contributed by atoms with Gasteiger partial charge in [-0.2, -0.15) is 0 Å². The minimum Gasteiger partial charge on any atom is -0.366 e. The Bertz CT molecular complexity index is 666. The second-order valence-corrected chi connectivity index (χ2v) is 7.52. The predicted octanol–water partition coefficient (Wildman–Crippen LogP) is 1.67. The summed E-state index contributed by atoms with van der Waals surface area (Å²) in [6.07, 6.45) is 0.730. The molecule has 1 aromatic carbocycles. The maximum Gasteiger partial charge on any atom is 0.283 e. The highest BCUT2D eigenvalue weighted by molar-refractivity contribution is 8.00. The molecular weight excluding hydrogens is 344 g/mol. The van der Waals surface area contributed by atoms with E-state index >= 15 is 0 Å². The van der Waals surface area contributed by atoms with Crippen molar-refractivity contribution < 1.29 is 14.5 Å². The van der Waals surface area contributed by atoms with Crippen LogP contribution in [0.1, 0.15) is 37.6 Å². The molecule has 0 spiro atoms. The second-order valence-electron chi connectivity index (χ2n) is 6.50. The normalized spacial score (nSPS) is 13.3. The third-order valence-electron chi connectivity index (χ3n) is 3.55. The molecule has 2 amide bonds. The van der Waals surface area contributed by atoms with Crippen LogP contribution in [0.2, 0.25) is 0 Å². The standard InChI is InChI=1S/C16H24N4O4S/c1-10(2)7-16(3,9-17)19-14(21)8-25-13-5-4-11(15(18)22)6-12(13)20(23)24/h4-6,10H,7-9,17H2,1-3H3,(H2,18,22)(H,19,21). The van der Waals surface area contributed by atoms with E-state index in [1.807, 2.05) is 20.8 Å². The fourth-order valence-corrected chi connectivity index (χ4v) is 3.34. The molecule has 0 bridgehead atoms. The Morgan fingerprint density at radius 3 is 2.52 bits per heavy atom. The Morgan fingerprint density at radius 2 is 2.04 bits per heavy atom. The van der Waals surface area contributed by atoms with Gasteiger partial charge in [-0.15, -0.1) is 11.8 Å². The van der Waals surface area contributed by atoms with Crippen molar-refractivity contribution in [3.05, 3.63) is 33.9 Å². The monoisotopic (exact) mass is 368 g/mol. The number of benzene rings is 1. The molecule has 5 N–H and O–H groups in total. The third kappa shape index (κ3) is 6.35. The van der Waals surface area contributed by atoms with Crippen LogP contribution in [-0.4, -0.2) is 34.6 Å². The van der Waals surface area contributed by atoms with Gasteiger partial charge in [0.25, 0.3) is 5.69 Å². The number of primary amides is 1. The van der Waals surface area contributed by atoms with E-state index < -0.39 is 16.4 Å². The molecule has 0 aromatic heterocycles. The van der Waals surface area contributed by atoms with E-state index in [0.717, 1.165) is 24.2 Å². The number of nitro groups is 1. The Morgan fingerprint density at radius 1 is 1.40 bits per heavy atom.